The average Bonchev–Trinajstić information content (AvgIpc) is 3.98. The Bertz CT molecular complexity index is 2330. The van der Waals surface area contributed by atoms with Crippen LogP contribution in [0.2, 0.25) is 0 Å². The predicted octanol–water partition coefficient (Wildman–Crippen LogP) is 6.97. The number of hydrogen-bond donors (Lipinski definition) is 1. The van der Waals surface area contributed by atoms with E-state index in [0.717, 1.165) is 63.0 Å². The van der Waals surface area contributed by atoms with E-state index in [4.69, 9.17) is 31.6 Å². The highest BCUT2D eigenvalue weighted by Crippen LogP contribution is 2.65. The van der Waals surface area contributed by atoms with E-state index in [1.54, 1.807) is 13.2 Å². The van der Waals surface area contributed by atoms with Crippen LogP contribution in [0.15, 0.2) is 18.2 Å². The Balaban J connectivity index is 1.06. The van der Waals surface area contributed by atoms with Gasteiger partial charge in [0.15, 0.2) is 5.82 Å². The molecule has 2 bridgehead atoms. The molecule has 294 valence electrons. The van der Waals surface area contributed by atoms with Crippen molar-refractivity contribution in [3.8, 4) is 29.5 Å². The zero-order valence-corrected chi connectivity index (χ0v) is 32.7. The highest BCUT2D eigenvalue weighted by atomic mass is 32.1. The van der Waals surface area contributed by atoms with Crippen LogP contribution in [0, 0.1) is 47.1 Å². The van der Waals surface area contributed by atoms with Crippen molar-refractivity contribution in [3.05, 3.63) is 41.0 Å². The maximum atomic E-state index is 17.6. The van der Waals surface area contributed by atoms with Crippen LogP contribution >= 0.6 is 11.3 Å². The molecule has 6 fully saturated rings. The second-order valence-corrected chi connectivity index (χ2v) is 18.3. The molecule has 2 aromatic heterocycles. The van der Waals surface area contributed by atoms with Crippen LogP contribution in [0.5, 0.6) is 6.01 Å². The van der Waals surface area contributed by atoms with Crippen LogP contribution in [-0.2, 0) is 16.0 Å². The number of benzene rings is 2. The van der Waals surface area contributed by atoms with Gasteiger partial charge in [-0.2, -0.15) is 9.97 Å². The Morgan fingerprint density at radius 1 is 1.14 bits per heavy atom. The highest BCUT2D eigenvalue weighted by molar-refractivity contribution is 7.23. The lowest BCUT2D eigenvalue weighted by Crippen LogP contribution is -2.58. The summed E-state index contributed by atoms with van der Waals surface area (Å²) in [5.41, 5.74) is 7.42. The molecule has 13 heteroatoms. The molecule has 0 spiro atoms. The van der Waals surface area contributed by atoms with E-state index >= 15 is 8.78 Å². The molecule has 10 rings (SSSR count). The number of carbonyl (C=O) groups is 1. The number of nitrogens with zero attached hydrogens (tertiary/aromatic N) is 5. The van der Waals surface area contributed by atoms with Gasteiger partial charge in [-0.1, -0.05) is 18.9 Å². The fraction of sp³-hybridized carbons (Fsp3) is 0.558. The van der Waals surface area contributed by atoms with Crippen LogP contribution in [0.3, 0.4) is 0 Å². The molecule has 56 heavy (non-hydrogen) atoms. The number of ether oxygens (including phenoxy) is 2. The van der Waals surface area contributed by atoms with Crippen molar-refractivity contribution in [2.45, 2.75) is 76.1 Å². The number of terminal acetylenes is 1. The van der Waals surface area contributed by atoms with Crippen LogP contribution in [0.4, 0.5) is 24.0 Å². The number of anilines is 2. The van der Waals surface area contributed by atoms with Gasteiger partial charge in [0.05, 0.1) is 27.3 Å². The Kier molecular flexibility index (Phi) is 8.55. The molecular weight excluding hydrogens is 738 g/mol. The number of aromatic nitrogens is 2. The summed E-state index contributed by atoms with van der Waals surface area (Å²) in [6, 6.07) is 4.92. The Labute approximate surface area is 328 Å². The summed E-state index contributed by atoms with van der Waals surface area (Å²) in [5.74, 6) is 3.32. The number of halogens is 3. The number of amides is 1. The molecule has 4 saturated heterocycles. The van der Waals surface area contributed by atoms with E-state index in [1.807, 2.05) is 17.9 Å². The van der Waals surface area contributed by atoms with Gasteiger partial charge in [-0.05, 0) is 92.5 Å². The first kappa shape index (κ1) is 36.2. The van der Waals surface area contributed by atoms with Gasteiger partial charge in [0.1, 0.15) is 34.9 Å². The summed E-state index contributed by atoms with van der Waals surface area (Å²) in [6.07, 6.45) is 11.2. The van der Waals surface area contributed by atoms with Crippen molar-refractivity contribution in [1.82, 2.24) is 19.8 Å². The van der Waals surface area contributed by atoms with Gasteiger partial charge in [0, 0.05) is 62.6 Å². The quantitative estimate of drug-likeness (QED) is 0.192. The third-order valence-corrected chi connectivity index (χ3v) is 15.4. The fourth-order valence-electron chi connectivity index (χ4n) is 11.9. The molecule has 2 saturated carbocycles. The molecule has 4 unspecified atom stereocenters. The number of rotatable bonds is 8. The zero-order chi connectivity index (χ0) is 38.7. The number of likely N-dealkylation sites (tertiary alicyclic amines) is 1. The molecule has 4 aliphatic heterocycles. The van der Waals surface area contributed by atoms with Gasteiger partial charge in [-0.25, -0.2) is 13.2 Å². The third-order valence-electron chi connectivity index (χ3n) is 14.4. The molecule has 7 atom stereocenters. The van der Waals surface area contributed by atoms with Crippen molar-refractivity contribution in [1.29, 1.82) is 0 Å². The van der Waals surface area contributed by atoms with Crippen LogP contribution in [0.25, 0.3) is 32.1 Å². The van der Waals surface area contributed by atoms with Crippen molar-refractivity contribution in [3.63, 3.8) is 0 Å². The van der Waals surface area contributed by atoms with Crippen molar-refractivity contribution in [2.75, 3.05) is 63.6 Å². The van der Waals surface area contributed by atoms with E-state index in [2.05, 4.69) is 15.7 Å². The topological polar surface area (TPSA) is 97.0 Å². The average molecular weight is 785 g/mol. The molecule has 2 aliphatic carbocycles. The zero-order valence-electron chi connectivity index (χ0n) is 31.9. The lowest BCUT2D eigenvalue weighted by atomic mass is 9.54. The van der Waals surface area contributed by atoms with E-state index < -0.39 is 23.3 Å². The van der Waals surface area contributed by atoms with Crippen LogP contribution < -0.4 is 15.4 Å². The summed E-state index contributed by atoms with van der Waals surface area (Å²) in [6.45, 7) is 6.14. The van der Waals surface area contributed by atoms with Gasteiger partial charge in [0.25, 0.3) is 0 Å². The van der Waals surface area contributed by atoms with E-state index in [9.17, 15) is 9.18 Å². The summed E-state index contributed by atoms with van der Waals surface area (Å²) in [5, 5.41) is 1.28. The van der Waals surface area contributed by atoms with Gasteiger partial charge in [-0.3, -0.25) is 9.69 Å². The summed E-state index contributed by atoms with van der Waals surface area (Å²) in [7, 11) is 1.72. The molecule has 4 aromatic rings. The monoisotopic (exact) mass is 784 g/mol. The highest BCUT2D eigenvalue weighted by Gasteiger charge is 2.65. The number of nitrogens with two attached hydrogens (primary N) is 1. The second kappa shape index (κ2) is 13.2. The third kappa shape index (κ3) is 5.31. The maximum absolute atomic E-state index is 17.6. The number of methoxy groups -OCH3 is 1. The standard InChI is InChI=1S/C43H47F3N6O3S/c1-4-24-14-30-36(35(46)33(24)29-7-8-32(45)37-34(29)28(5-2)38(47)56-37)48-41(55-22-42-10-6-11-52(42)20-26(44)17-42)49-39(30)51-18-23-13-31-25(19-51)16-43(31,15-23)40(53)50-12-9-27(21-50)54-3/h2,7-8,14,23,25-27,31H,4,6,9-13,15-22,47H2,1,3H3/t23?,25?,26-,27-,31?,42+,43?/m1/s1. The summed E-state index contributed by atoms with van der Waals surface area (Å²) < 4.78 is 59.9. The fourth-order valence-corrected chi connectivity index (χ4v) is 12.9. The van der Waals surface area contributed by atoms with Crippen LogP contribution in [-0.4, -0.2) is 96.5 Å². The summed E-state index contributed by atoms with van der Waals surface area (Å²) in [4.78, 5) is 30.4. The second-order valence-electron chi connectivity index (χ2n) is 17.3. The first-order valence-electron chi connectivity index (χ1n) is 20.2. The predicted molar refractivity (Wildman–Crippen MR) is 212 cm³/mol. The molecule has 0 radical (unpaired) electrons. The first-order valence-corrected chi connectivity index (χ1v) is 21.0. The van der Waals surface area contributed by atoms with Crippen LogP contribution in [0.1, 0.15) is 63.0 Å². The number of alkyl halides is 1. The van der Waals surface area contributed by atoms with E-state index in [-0.39, 0.29) is 52.1 Å². The van der Waals surface area contributed by atoms with Gasteiger partial charge >= 0.3 is 6.01 Å². The SMILES string of the molecule is C#Cc1c(N)sc2c(F)ccc(-c3c(CC)cc4c(N5CC6CC7C(C5)CC7(C(=O)N5CC[C@@H](OC)C5)C6)nc(OC[C@@]56CCCN5C[C@H](F)C6)nc4c3F)c12. The largest absolute Gasteiger partial charge is 0.461 e. The van der Waals surface area contributed by atoms with Crippen molar-refractivity contribution < 1.29 is 27.4 Å². The molecule has 9 nitrogen and oxygen atoms in total. The molecule has 6 heterocycles. The minimum Gasteiger partial charge on any atom is -0.461 e. The minimum absolute atomic E-state index is 0.0488. The van der Waals surface area contributed by atoms with E-state index in [1.165, 1.54) is 6.07 Å². The number of nitrogen functional groups attached to an aromatic ring is 1. The minimum atomic E-state index is -0.924. The van der Waals surface area contributed by atoms with Crippen molar-refractivity contribution in [2.24, 2.45) is 23.2 Å². The van der Waals surface area contributed by atoms with E-state index in [0.29, 0.717) is 88.8 Å². The summed E-state index contributed by atoms with van der Waals surface area (Å²) >= 11 is 1.06. The number of aryl methyl sites for hydroxylation is 1. The molecular formula is C43H47F3N6O3S. The van der Waals surface area contributed by atoms with Crippen molar-refractivity contribution >= 4 is 49.1 Å². The lowest BCUT2D eigenvalue weighted by Gasteiger charge is -2.53. The van der Waals surface area contributed by atoms with Gasteiger partial charge in [0.2, 0.25) is 5.91 Å². The number of carbonyl (C=O) groups excluding carboxylic acids is 1. The van der Waals surface area contributed by atoms with Gasteiger partial charge < -0.3 is 25.0 Å². The smallest absolute Gasteiger partial charge is 0.319 e. The molecule has 2 aromatic carbocycles. The number of hydrogen-bond acceptors (Lipinski definition) is 9. The van der Waals surface area contributed by atoms with Gasteiger partial charge in [-0.15, -0.1) is 17.8 Å². The first-order chi connectivity index (χ1) is 27.1. The lowest BCUT2D eigenvalue weighted by molar-refractivity contribution is -0.156. The Hall–Kier alpha value is -4.12. The molecule has 1 amide bonds. The number of thiophene rings is 1. The normalized spacial score (nSPS) is 30.9. The molecule has 6 aliphatic rings. The maximum Gasteiger partial charge on any atom is 0.319 e. The molecule has 2 N–H and O–H groups in total. The number of fused-ring (bicyclic) bond motifs is 4. The Morgan fingerprint density at radius 3 is 2.79 bits per heavy atom. The Morgan fingerprint density at radius 2 is 2.00 bits per heavy atom.